The lowest BCUT2D eigenvalue weighted by Gasteiger charge is -1.96. The lowest BCUT2D eigenvalue weighted by atomic mass is 10.3. The molecule has 1 atom stereocenters. The van der Waals surface area contributed by atoms with Gasteiger partial charge >= 0.3 is 0 Å². The molecule has 0 radical (unpaired) electrons. The predicted molar refractivity (Wildman–Crippen MR) is 38.4 cm³/mol. The third kappa shape index (κ3) is 2.03. The molecule has 52 valence electrons. The molecule has 1 aromatic heterocycles. The summed E-state index contributed by atoms with van der Waals surface area (Å²) in [6.45, 7) is 1.91. The van der Waals surface area contributed by atoms with Crippen LogP contribution >= 0.6 is 12.4 Å². The predicted octanol–water partition coefficient (Wildman–Crippen LogP) is 0.851. The summed E-state index contributed by atoms with van der Waals surface area (Å²) < 4.78 is 0. The Labute approximate surface area is 60.1 Å². The number of H-pyrrole nitrogens is 1. The van der Waals surface area contributed by atoms with E-state index in [-0.39, 0.29) is 18.4 Å². The van der Waals surface area contributed by atoms with E-state index in [0.717, 1.165) is 5.69 Å². The molecule has 0 aliphatic carbocycles. The lowest BCUT2D eigenvalue weighted by Crippen LogP contribution is -2.04. The smallest absolute Gasteiger partial charge is 0.0516 e. The van der Waals surface area contributed by atoms with Gasteiger partial charge in [0.2, 0.25) is 0 Å². The van der Waals surface area contributed by atoms with Gasteiger partial charge < -0.3 is 5.73 Å². The van der Waals surface area contributed by atoms with Gasteiger partial charge in [0.25, 0.3) is 0 Å². The summed E-state index contributed by atoms with van der Waals surface area (Å²) in [5, 5.41) is 6.50. The molecule has 1 heterocycles. The molecule has 0 fully saturated rings. The standard InChI is InChI=1S/C5H9N3.ClH/c1-4(6)5-2-3-7-8-5;/h2-4H,6H2,1H3,(H,7,8);1H/t4-;/m0./s1. The molecule has 1 rings (SSSR count). The van der Waals surface area contributed by atoms with Crippen molar-refractivity contribution in [2.24, 2.45) is 5.73 Å². The number of hydrogen-bond donors (Lipinski definition) is 2. The maximum atomic E-state index is 5.49. The number of nitrogens with zero attached hydrogens (tertiary/aromatic N) is 1. The zero-order valence-corrected chi connectivity index (χ0v) is 5.98. The Hall–Kier alpha value is -0.540. The second-order valence-electron chi connectivity index (χ2n) is 1.80. The first-order chi connectivity index (χ1) is 3.80. The van der Waals surface area contributed by atoms with Crippen LogP contribution < -0.4 is 5.73 Å². The first kappa shape index (κ1) is 8.46. The van der Waals surface area contributed by atoms with Crippen LogP contribution in [0.1, 0.15) is 18.7 Å². The minimum atomic E-state index is 0. The summed E-state index contributed by atoms with van der Waals surface area (Å²) in [6.07, 6.45) is 1.69. The molecule has 0 spiro atoms. The van der Waals surface area contributed by atoms with Gasteiger partial charge in [0.15, 0.2) is 0 Å². The Bertz CT molecular complexity index is 147. The van der Waals surface area contributed by atoms with E-state index in [1.807, 2.05) is 13.0 Å². The van der Waals surface area contributed by atoms with E-state index in [1.165, 1.54) is 0 Å². The van der Waals surface area contributed by atoms with E-state index in [0.29, 0.717) is 0 Å². The molecule has 0 aliphatic rings. The first-order valence-electron chi connectivity index (χ1n) is 2.55. The molecule has 1 aromatic rings. The minimum absolute atomic E-state index is 0. The van der Waals surface area contributed by atoms with Crippen LogP contribution in [0.5, 0.6) is 0 Å². The zero-order valence-electron chi connectivity index (χ0n) is 5.16. The number of rotatable bonds is 1. The molecule has 0 unspecified atom stereocenters. The molecule has 0 aliphatic heterocycles. The third-order valence-electron chi connectivity index (χ3n) is 1.01. The average molecular weight is 148 g/mol. The largest absolute Gasteiger partial charge is 0.323 e. The monoisotopic (exact) mass is 147 g/mol. The van der Waals surface area contributed by atoms with Crippen molar-refractivity contribution in [2.45, 2.75) is 13.0 Å². The molecule has 0 aromatic carbocycles. The van der Waals surface area contributed by atoms with Crippen molar-refractivity contribution >= 4 is 12.4 Å². The Morgan fingerprint density at radius 1 is 1.78 bits per heavy atom. The fraction of sp³-hybridized carbons (Fsp3) is 0.400. The Morgan fingerprint density at radius 2 is 2.44 bits per heavy atom. The van der Waals surface area contributed by atoms with Crippen LogP contribution in [-0.4, -0.2) is 10.2 Å². The quantitative estimate of drug-likeness (QED) is 0.619. The topological polar surface area (TPSA) is 54.7 Å². The maximum absolute atomic E-state index is 5.49. The van der Waals surface area contributed by atoms with Crippen molar-refractivity contribution in [1.29, 1.82) is 0 Å². The molecule has 3 N–H and O–H groups in total. The van der Waals surface area contributed by atoms with Gasteiger partial charge in [0, 0.05) is 12.2 Å². The first-order valence-corrected chi connectivity index (χ1v) is 2.55. The summed E-state index contributed by atoms with van der Waals surface area (Å²) in [4.78, 5) is 0. The molecule has 0 saturated heterocycles. The van der Waals surface area contributed by atoms with Crippen molar-refractivity contribution in [1.82, 2.24) is 10.2 Å². The average Bonchev–Trinajstić information content (AvgIpc) is 2.12. The lowest BCUT2D eigenvalue weighted by molar-refractivity contribution is 0.772. The number of halogens is 1. The van der Waals surface area contributed by atoms with E-state index in [1.54, 1.807) is 6.20 Å². The van der Waals surface area contributed by atoms with Gasteiger partial charge in [-0.25, -0.2) is 0 Å². The van der Waals surface area contributed by atoms with Crippen molar-refractivity contribution in [3.63, 3.8) is 0 Å². The Kier molecular flexibility index (Phi) is 3.27. The zero-order chi connectivity index (χ0) is 5.98. The van der Waals surface area contributed by atoms with Crippen LogP contribution in [0.3, 0.4) is 0 Å². The fourth-order valence-corrected chi connectivity index (χ4v) is 0.520. The van der Waals surface area contributed by atoms with Gasteiger partial charge in [-0.05, 0) is 13.0 Å². The fourth-order valence-electron chi connectivity index (χ4n) is 0.520. The second-order valence-corrected chi connectivity index (χ2v) is 1.80. The normalized spacial score (nSPS) is 12.2. The molecule has 0 bridgehead atoms. The summed E-state index contributed by atoms with van der Waals surface area (Å²) in [6, 6.07) is 1.93. The van der Waals surface area contributed by atoms with Gasteiger partial charge in [-0.15, -0.1) is 12.4 Å². The summed E-state index contributed by atoms with van der Waals surface area (Å²) >= 11 is 0. The van der Waals surface area contributed by atoms with Crippen LogP contribution in [0, 0.1) is 0 Å². The number of aromatic nitrogens is 2. The van der Waals surface area contributed by atoms with Crippen LogP contribution in [0.15, 0.2) is 12.3 Å². The molecular formula is C5H10ClN3. The highest BCUT2D eigenvalue weighted by atomic mass is 35.5. The van der Waals surface area contributed by atoms with Crippen LogP contribution in [-0.2, 0) is 0 Å². The Morgan fingerprint density at radius 3 is 2.67 bits per heavy atom. The highest BCUT2D eigenvalue weighted by Gasteiger charge is 1.96. The van der Waals surface area contributed by atoms with Gasteiger partial charge in [-0.2, -0.15) is 5.10 Å². The molecule has 3 nitrogen and oxygen atoms in total. The highest BCUT2D eigenvalue weighted by molar-refractivity contribution is 5.85. The second kappa shape index (κ2) is 3.48. The molecule has 0 amide bonds. The third-order valence-corrected chi connectivity index (χ3v) is 1.01. The van der Waals surface area contributed by atoms with E-state index in [4.69, 9.17) is 5.73 Å². The summed E-state index contributed by atoms with van der Waals surface area (Å²) in [5.74, 6) is 0. The van der Waals surface area contributed by atoms with E-state index in [2.05, 4.69) is 10.2 Å². The van der Waals surface area contributed by atoms with E-state index >= 15 is 0 Å². The van der Waals surface area contributed by atoms with Crippen LogP contribution in [0.2, 0.25) is 0 Å². The van der Waals surface area contributed by atoms with Gasteiger partial charge in [-0.1, -0.05) is 0 Å². The van der Waals surface area contributed by atoms with Gasteiger partial charge in [-0.3, -0.25) is 5.10 Å². The van der Waals surface area contributed by atoms with Gasteiger partial charge in [0.1, 0.15) is 0 Å². The highest BCUT2D eigenvalue weighted by Crippen LogP contribution is 2.01. The van der Waals surface area contributed by atoms with Gasteiger partial charge in [0.05, 0.1) is 5.69 Å². The van der Waals surface area contributed by atoms with Crippen molar-refractivity contribution in [3.8, 4) is 0 Å². The van der Waals surface area contributed by atoms with E-state index in [9.17, 15) is 0 Å². The number of nitrogens with one attached hydrogen (secondary N) is 1. The van der Waals surface area contributed by atoms with Crippen molar-refractivity contribution < 1.29 is 0 Å². The van der Waals surface area contributed by atoms with Crippen LogP contribution in [0.4, 0.5) is 0 Å². The van der Waals surface area contributed by atoms with Crippen molar-refractivity contribution in [3.05, 3.63) is 18.0 Å². The molecular weight excluding hydrogens is 138 g/mol. The number of aromatic amines is 1. The SMILES string of the molecule is C[C@H](N)c1ccn[nH]1.Cl. The van der Waals surface area contributed by atoms with Crippen molar-refractivity contribution in [2.75, 3.05) is 0 Å². The molecule has 4 heteroatoms. The van der Waals surface area contributed by atoms with E-state index < -0.39 is 0 Å². The number of nitrogens with two attached hydrogens (primary N) is 1. The summed E-state index contributed by atoms with van der Waals surface area (Å²) in [5.41, 5.74) is 6.46. The molecule has 9 heavy (non-hydrogen) atoms. The number of hydrogen-bond acceptors (Lipinski definition) is 2. The summed E-state index contributed by atoms with van der Waals surface area (Å²) in [7, 11) is 0. The Balaban J connectivity index is 0.000000640. The maximum Gasteiger partial charge on any atom is 0.0516 e. The minimum Gasteiger partial charge on any atom is -0.323 e. The van der Waals surface area contributed by atoms with Crippen LogP contribution in [0.25, 0.3) is 0 Å². The molecule has 0 saturated carbocycles.